The first-order valence-corrected chi connectivity index (χ1v) is 11.0. The van der Waals surface area contributed by atoms with Crippen LogP contribution in [0.5, 0.6) is 0 Å². The van der Waals surface area contributed by atoms with E-state index in [9.17, 15) is 9.59 Å². The second-order valence-corrected chi connectivity index (χ2v) is 9.09. The van der Waals surface area contributed by atoms with Crippen molar-refractivity contribution in [1.82, 2.24) is 5.32 Å². The van der Waals surface area contributed by atoms with E-state index >= 15 is 0 Å². The van der Waals surface area contributed by atoms with Crippen molar-refractivity contribution in [3.63, 3.8) is 0 Å². The molecule has 3 N–H and O–H groups in total. The highest BCUT2D eigenvalue weighted by atomic mass is 32.2. The van der Waals surface area contributed by atoms with E-state index in [2.05, 4.69) is 22.8 Å². The van der Waals surface area contributed by atoms with Crippen molar-refractivity contribution in [2.24, 2.45) is 0 Å². The fourth-order valence-electron chi connectivity index (χ4n) is 2.85. The summed E-state index contributed by atoms with van der Waals surface area (Å²) < 4.78 is 0. The van der Waals surface area contributed by atoms with E-state index in [1.807, 2.05) is 70.2 Å². The summed E-state index contributed by atoms with van der Waals surface area (Å²) in [6.45, 7) is 9.08. The minimum absolute atomic E-state index is 0.0408. The van der Waals surface area contributed by atoms with Crippen LogP contribution in [0, 0.1) is 0 Å². The van der Waals surface area contributed by atoms with E-state index in [-0.39, 0.29) is 30.4 Å². The quantitative estimate of drug-likeness (QED) is 0.553. The number of rotatable bonds is 9. The van der Waals surface area contributed by atoms with Gasteiger partial charge in [-0.2, -0.15) is 0 Å². The Bertz CT molecular complexity index is 803. The highest BCUT2D eigenvalue weighted by Gasteiger charge is 2.20. The number of likely N-dealkylation sites (N-methyl/N-ethyl adjacent to an activating group) is 1. The Hall–Kier alpha value is -2.31. The molecule has 29 heavy (non-hydrogen) atoms. The van der Waals surface area contributed by atoms with Crippen LogP contribution in [0.1, 0.15) is 33.3 Å². The van der Waals surface area contributed by atoms with Crippen molar-refractivity contribution < 1.29 is 14.5 Å². The van der Waals surface area contributed by atoms with Crippen LogP contribution in [0.15, 0.2) is 59.5 Å². The summed E-state index contributed by atoms with van der Waals surface area (Å²) >= 11 is 1.70. The van der Waals surface area contributed by atoms with E-state index in [4.69, 9.17) is 0 Å². The zero-order chi connectivity index (χ0) is 21.3. The summed E-state index contributed by atoms with van der Waals surface area (Å²) in [5, 5.41) is 5.97. The average molecular weight is 415 g/mol. The number of carbonyl (C=O) groups is 2. The van der Waals surface area contributed by atoms with Crippen LogP contribution in [0.25, 0.3) is 0 Å². The maximum Gasteiger partial charge on any atom is 0.279 e. The first kappa shape index (κ1) is 23.0. The zero-order valence-corrected chi connectivity index (χ0v) is 18.6. The zero-order valence-electron chi connectivity index (χ0n) is 17.7. The monoisotopic (exact) mass is 414 g/mol. The Labute approximate surface area is 178 Å². The van der Waals surface area contributed by atoms with Crippen LogP contribution in [-0.4, -0.2) is 37.0 Å². The summed E-state index contributed by atoms with van der Waals surface area (Å²) in [7, 11) is 0. The number of benzene rings is 2. The minimum atomic E-state index is -0.271. The predicted octanol–water partition coefficient (Wildman–Crippen LogP) is 2.74. The number of anilines is 1. The number of carbonyl (C=O) groups excluding carboxylic acids is 2. The minimum Gasteiger partial charge on any atom is -0.347 e. The Kier molecular flexibility index (Phi) is 8.73. The molecular weight excluding hydrogens is 382 g/mol. The fraction of sp³-hybridized carbons (Fsp3) is 0.391. The number of quaternary nitrogens is 1. The first-order chi connectivity index (χ1) is 13.8. The lowest BCUT2D eigenvalue weighted by Gasteiger charge is -2.23. The van der Waals surface area contributed by atoms with Crippen molar-refractivity contribution in [3.05, 3.63) is 60.2 Å². The van der Waals surface area contributed by atoms with Gasteiger partial charge in [0.15, 0.2) is 13.1 Å². The van der Waals surface area contributed by atoms with Gasteiger partial charge in [-0.15, -0.1) is 11.8 Å². The second kappa shape index (κ2) is 11.0. The summed E-state index contributed by atoms with van der Waals surface area (Å²) in [5.41, 5.74) is 1.78. The van der Waals surface area contributed by atoms with Gasteiger partial charge in [-0.3, -0.25) is 9.59 Å². The van der Waals surface area contributed by atoms with Crippen molar-refractivity contribution in [1.29, 1.82) is 0 Å². The summed E-state index contributed by atoms with van der Waals surface area (Å²) in [4.78, 5) is 26.7. The molecule has 5 nitrogen and oxygen atoms in total. The molecule has 1 atom stereocenters. The Balaban J connectivity index is 1.93. The van der Waals surface area contributed by atoms with Gasteiger partial charge in [-0.1, -0.05) is 42.5 Å². The lowest BCUT2D eigenvalue weighted by atomic mass is 10.1. The summed E-state index contributed by atoms with van der Waals surface area (Å²) in [5.74, 6) is 0.715. The molecule has 0 saturated carbocycles. The molecule has 0 aliphatic carbocycles. The highest BCUT2D eigenvalue weighted by Crippen LogP contribution is 2.29. The molecule has 2 rings (SSSR count). The van der Waals surface area contributed by atoms with Gasteiger partial charge in [0.05, 0.1) is 12.2 Å². The van der Waals surface area contributed by atoms with Gasteiger partial charge in [-0.25, -0.2) is 0 Å². The molecule has 0 bridgehead atoms. The van der Waals surface area contributed by atoms with Crippen LogP contribution in [0.4, 0.5) is 5.69 Å². The number of amides is 2. The Morgan fingerprint density at radius 1 is 0.931 bits per heavy atom. The molecule has 0 aliphatic heterocycles. The fourth-order valence-corrected chi connectivity index (χ4v) is 3.82. The molecule has 1 unspecified atom stereocenters. The Morgan fingerprint density at radius 3 is 2.21 bits per heavy atom. The summed E-state index contributed by atoms with van der Waals surface area (Å²) in [6.07, 6.45) is 0. The lowest BCUT2D eigenvalue weighted by Crippen LogP contribution is -3.14. The highest BCUT2D eigenvalue weighted by molar-refractivity contribution is 7.98. The van der Waals surface area contributed by atoms with E-state index in [0.29, 0.717) is 6.54 Å². The normalized spacial score (nSPS) is 12.3. The number of para-hydroxylation sites is 1. The van der Waals surface area contributed by atoms with Crippen LogP contribution in [0.2, 0.25) is 0 Å². The van der Waals surface area contributed by atoms with E-state index in [1.165, 1.54) is 5.56 Å². The second-order valence-electron chi connectivity index (χ2n) is 8.07. The van der Waals surface area contributed by atoms with Crippen molar-refractivity contribution >= 4 is 29.3 Å². The maximum absolute atomic E-state index is 12.6. The molecule has 0 radical (unpaired) electrons. The smallest absolute Gasteiger partial charge is 0.279 e. The SMILES string of the molecule is CC[NH+](CC(=O)Nc1ccccc1SCc1ccccc1)CC(=O)NC(C)(C)C. The molecule has 2 aromatic rings. The van der Waals surface area contributed by atoms with E-state index in [1.54, 1.807) is 11.8 Å². The molecule has 0 fully saturated rings. The molecule has 0 heterocycles. The molecule has 0 aromatic heterocycles. The molecule has 0 aliphatic rings. The van der Waals surface area contributed by atoms with Gasteiger partial charge in [0.25, 0.3) is 11.8 Å². The number of thioether (sulfide) groups is 1. The van der Waals surface area contributed by atoms with Crippen molar-refractivity contribution in [2.45, 2.75) is 43.9 Å². The molecule has 2 aromatic carbocycles. The molecular formula is C23H32N3O2S+. The number of hydrogen-bond donors (Lipinski definition) is 3. The topological polar surface area (TPSA) is 62.6 Å². The standard InChI is InChI=1S/C23H31N3O2S/c1-5-26(16-22(28)25-23(2,3)4)15-21(27)24-19-13-9-10-14-20(19)29-17-18-11-7-6-8-12-18/h6-14H,5,15-17H2,1-4H3,(H,24,27)(H,25,28)/p+1. The largest absolute Gasteiger partial charge is 0.347 e. The van der Waals surface area contributed by atoms with Gasteiger partial charge in [-0.05, 0) is 45.4 Å². The Morgan fingerprint density at radius 2 is 1.55 bits per heavy atom. The lowest BCUT2D eigenvalue weighted by molar-refractivity contribution is -0.881. The number of hydrogen-bond acceptors (Lipinski definition) is 3. The third kappa shape index (κ3) is 8.71. The average Bonchev–Trinajstić information content (AvgIpc) is 2.66. The van der Waals surface area contributed by atoms with Crippen LogP contribution >= 0.6 is 11.8 Å². The van der Waals surface area contributed by atoms with E-state index in [0.717, 1.165) is 21.2 Å². The predicted molar refractivity (Wildman–Crippen MR) is 120 cm³/mol. The third-order valence-corrected chi connectivity index (χ3v) is 5.38. The van der Waals surface area contributed by atoms with Gasteiger partial charge >= 0.3 is 0 Å². The van der Waals surface area contributed by atoms with Crippen LogP contribution in [-0.2, 0) is 15.3 Å². The molecule has 0 spiro atoms. The van der Waals surface area contributed by atoms with Crippen molar-refractivity contribution in [2.75, 3.05) is 25.0 Å². The van der Waals surface area contributed by atoms with Gasteiger partial charge in [0.2, 0.25) is 0 Å². The van der Waals surface area contributed by atoms with Gasteiger partial charge < -0.3 is 15.5 Å². The summed E-state index contributed by atoms with van der Waals surface area (Å²) in [6, 6.07) is 18.1. The number of nitrogens with one attached hydrogen (secondary N) is 3. The maximum atomic E-state index is 12.6. The van der Waals surface area contributed by atoms with Gasteiger partial charge in [0, 0.05) is 16.2 Å². The van der Waals surface area contributed by atoms with Crippen molar-refractivity contribution in [3.8, 4) is 0 Å². The van der Waals surface area contributed by atoms with Crippen LogP contribution in [0.3, 0.4) is 0 Å². The van der Waals surface area contributed by atoms with Crippen LogP contribution < -0.4 is 15.5 Å². The molecule has 6 heteroatoms. The molecule has 156 valence electrons. The third-order valence-electron chi connectivity index (χ3n) is 4.23. The van der Waals surface area contributed by atoms with E-state index < -0.39 is 0 Å². The molecule has 2 amide bonds. The first-order valence-electron chi connectivity index (χ1n) is 9.97. The molecule has 0 saturated heterocycles. The van der Waals surface area contributed by atoms with Gasteiger partial charge in [0.1, 0.15) is 0 Å².